The summed E-state index contributed by atoms with van der Waals surface area (Å²) in [5, 5.41) is 9.96. The summed E-state index contributed by atoms with van der Waals surface area (Å²) in [6, 6.07) is 5.76. The predicted molar refractivity (Wildman–Crippen MR) is 103 cm³/mol. The van der Waals surface area contributed by atoms with Crippen molar-refractivity contribution in [2.75, 3.05) is 18.4 Å². The van der Waals surface area contributed by atoms with Crippen molar-refractivity contribution in [3.8, 4) is 0 Å². The molecule has 7 nitrogen and oxygen atoms in total. The van der Waals surface area contributed by atoms with Gasteiger partial charge in [-0.1, -0.05) is 6.07 Å². The quantitative estimate of drug-likeness (QED) is 0.802. The molecule has 2 heterocycles. The monoisotopic (exact) mass is 419 g/mol. The van der Waals surface area contributed by atoms with E-state index in [-0.39, 0.29) is 18.0 Å². The second-order valence-corrected chi connectivity index (χ2v) is 7.41. The van der Waals surface area contributed by atoms with Gasteiger partial charge >= 0.3 is 6.03 Å². The lowest BCUT2D eigenvalue weighted by Crippen LogP contribution is -2.47. The number of rotatable bonds is 3. The summed E-state index contributed by atoms with van der Waals surface area (Å²) in [4.78, 5) is 26.4. The molecule has 0 atom stereocenters. The third-order valence-corrected chi connectivity index (χ3v) is 5.11. The van der Waals surface area contributed by atoms with Crippen molar-refractivity contribution in [3.63, 3.8) is 0 Å². The standard InChI is InChI=1S/C18H22BrN5O2/c1-12-3-4-16(15(19)9-12)22-18(26)24-7-5-14(6-8-24)21-17(25)13-10-20-23(2)11-13/h3-4,9-11,14H,5-8H2,1-2H3,(H,21,25)(H,22,26). The molecule has 1 aliphatic heterocycles. The number of aryl methyl sites for hydroxylation is 2. The van der Waals surface area contributed by atoms with Crippen LogP contribution in [0.25, 0.3) is 0 Å². The van der Waals surface area contributed by atoms with Gasteiger partial charge in [-0.05, 0) is 53.4 Å². The van der Waals surface area contributed by atoms with Gasteiger partial charge in [0.1, 0.15) is 0 Å². The number of amides is 3. The highest BCUT2D eigenvalue weighted by molar-refractivity contribution is 9.10. The van der Waals surface area contributed by atoms with Crippen molar-refractivity contribution in [1.82, 2.24) is 20.0 Å². The summed E-state index contributed by atoms with van der Waals surface area (Å²) in [6.07, 6.45) is 4.71. The number of halogens is 1. The van der Waals surface area contributed by atoms with E-state index >= 15 is 0 Å². The largest absolute Gasteiger partial charge is 0.349 e. The summed E-state index contributed by atoms with van der Waals surface area (Å²) >= 11 is 3.47. The zero-order chi connectivity index (χ0) is 18.7. The number of nitrogens with zero attached hydrogens (tertiary/aromatic N) is 3. The van der Waals surface area contributed by atoms with Gasteiger partial charge in [0, 0.05) is 36.8 Å². The number of carbonyl (C=O) groups is 2. The third-order valence-electron chi connectivity index (χ3n) is 4.45. The number of aromatic nitrogens is 2. The van der Waals surface area contributed by atoms with E-state index in [1.165, 1.54) is 0 Å². The van der Waals surface area contributed by atoms with Crippen molar-refractivity contribution in [2.45, 2.75) is 25.8 Å². The molecule has 2 aromatic rings. The molecule has 8 heteroatoms. The fourth-order valence-corrected chi connectivity index (χ4v) is 3.54. The van der Waals surface area contributed by atoms with Gasteiger partial charge in [-0.3, -0.25) is 9.48 Å². The Kier molecular flexibility index (Phi) is 5.61. The Morgan fingerprint density at radius 1 is 1.27 bits per heavy atom. The van der Waals surface area contributed by atoms with Crippen LogP contribution in [0.4, 0.5) is 10.5 Å². The number of carbonyl (C=O) groups excluding carboxylic acids is 2. The van der Waals surface area contributed by atoms with Crippen LogP contribution in [0, 0.1) is 6.92 Å². The van der Waals surface area contributed by atoms with Crippen LogP contribution in [0.15, 0.2) is 35.1 Å². The number of piperidine rings is 1. The van der Waals surface area contributed by atoms with Crippen LogP contribution in [0.1, 0.15) is 28.8 Å². The van der Waals surface area contributed by atoms with Gasteiger partial charge in [0.15, 0.2) is 0 Å². The zero-order valence-corrected chi connectivity index (χ0v) is 16.4. The number of likely N-dealkylation sites (tertiary alicyclic amines) is 1. The molecule has 1 aromatic carbocycles. The van der Waals surface area contributed by atoms with Crippen LogP contribution < -0.4 is 10.6 Å². The van der Waals surface area contributed by atoms with Crippen LogP contribution in [0.3, 0.4) is 0 Å². The zero-order valence-electron chi connectivity index (χ0n) is 14.8. The Balaban J connectivity index is 1.50. The summed E-state index contributed by atoms with van der Waals surface area (Å²) in [7, 11) is 1.78. The second kappa shape index (κ2) is 7.90. The Morgan fingerprint density at radius 3 is 2.62 bits per heavy atom. The SMILES string of the molecule is Cc1ccc(NC(=O)N2CCC(NC(=O)c3cnn(C)c3)CC2)c(Br)c1. The van der Waals surface area contributed by atoms with E-state index in [0.717, 1.165) is 28.6 Å². The molecule has 0 unspecified atom stereocenters. The van der Waals surface area contributed by atoms with Crippen LogP contribution in [0.2, 0.25) is 0 Å². The number of benzene rings is 1. The molecule has 2 N–H and O–H groups in total. The van der Waals surface area contributed by atoms with Crippen molar-refractivity contribution in [3.05, 3.63) is 46.2 Å². The number of anilines is 1. The maximum absolute atomic E-state index is 12.5. The van der Waals surface area contributed by atoms with Gasteiger partial charge < -0.3 is 15.5 Å². The van der Waals surface area contributed by atoms with Crippen molar-refractivity contribution in [2.24, 2.45) is 7.05 Å². The Labute approximate surface area is 160 Å². The molecular formula is C18H22BrN5O2. The molecule has 1 aromatic heterocycles. The lowest BCUT2D eigenvalue weighted by atomic mass is 10.0. The van der Waals surface area contributed by atoms with E-state index in [1.807, 2.05) is 25.1 Å². The minimum Gasteiger partial charge on any atom is -0.349 e. The first-order valence-electron chi connectivity index (χ1n) is 8.54. The summed E-state index contributed by atoms with van der Waals surface area (Å²) in [6.45, 7) is 3.21. The van der Waals surface area contributed by atoms with Gasteiger partial charge in [-0.25, -0.2) is 4.79 Å². The maximum Gasteiger partial charge on any atom is 0.321 e. The molecule has 3 rings (SSSR count). The van der Waals surface area contributed by atoms with Crippen molar-refractivity contribution < 1.29 is 9.59 Å². The molecular weight excluding hydrogens is 398 g/mol. The molecule has 3 amide bonds. The van der Waals surface area contributed by atoms with Gasteiger partial charge in [0.2, 0.25) is 0 Å². The molecule has 0 radical (unpaired) electrons. The van der Waals surface area contributed by atoms with E-state index in [2.05, 4.69) is 31.7 Å². The Bertz CT molecular complexity index is 812. The fraction of sp³-hybridized carbons (Fsp3) is 0.389. The molecule has 0 aliphatic carbocycles. The van der Waals surface area contributed by atoms with Crippen LogP contribution in [0.5, 0.6) is 0 Å². The minimum absolute atomic E-state index is 0.0675. The molecule has 0 saturated carbocycles. The van der Waals surface area contributed by atoms with Crippen LogP contribution in [-0.4, -0.2) is 45.8 Å². The van der Waals surface area contributed by atoms with Crippen molar-refractivity contribution >= 4 is 33.6 Å². The lowest BCUT2D eigenvalue weighted by Gasteiger charge is -2.32. The number of hydrogen-bond donors (Lipinski definition) is 2. The highest BCUT2D eigenvalue weighted by Crippen LogP contribution is 2.24. The van der Waals surface area contributed by atoms with Crippen molar-refractivity contribution in [1.29, 1.82) is 0 Å². The Hall–Kier alpha value is -2.35. The number of urea groups is 1. The second-order valence-electron chi connectivity index (χ2n) is 6.55. The predicted octanol–water partition coefficient (Wildman–Crippen LogP) is 2.92. The Morgan fingerprint density at radius 2 is 2.00 bits per heavy atom. The minimum atomic E-state index is -0.121. The summed E-state index contributed by atoms with van der Waals surface area (Å²) in [5.41, 5.74) is 2.43. The molecule has 138 valence electrons. The molecule has 1 fully saturated rings. The molecule has 1 saturated heterocycles. The van der Waals surface area contributed by atoms with E-state index in [1.54, 1.807) is 29.0 Å². The smallest absolute Gasteiger partial charge is 0.321 e. The van der Waals surface area contributed by atoms with Gasteiger partial charge in [0.25, 0.3) is 5.91 Å². The first-order chi connectivity index (χ1) is 12.4. The summed E-state index contributed by atoms with van der Waals surface area (Å²) < 4.78 is 2.47. The van der Waals surface area contributed by atoms with Crippen LogP contribution in [-0.2, 0) is 7.05 Å². The molecule has 0 spiro atoms. The highest BCUT2D eigenvalue weighted by atomic mass is 79.9. The molecule has 26 heavy (non-hydrogen) atoms. The maximum atomic E-state index is 12.5. The van der Waals surface area contributed by atoms with Gasteiger partial charge in [-0.2, -0.15) is 5.10 Å². The number of hydrogen-bond acceptors (Lipinski definition) is 3. The van der Waals surface area contributed by atoms with E-state index < -0.39 is 0 Å². The van der Waals surface area contributed by atoms with Crippen LogP contribution >= 0.6 is 15.9 Å². The van der Waals surface area contributed by atoms with E-state index in [0.29, 0.717) is 18.7 Å². The van der Waals surface area contributed by atoms with E-state index in [4.69, 9.17) is 0 Å². The molecule has 1 aliphatic rings. The van der Waals surface area contributed by atoms with Gasteiger partial charge in [-0.15, -0.1) is 0 Å². The van der Waals surface area contributed by atoms with Gasteiger partial charge in [0.05, 0.1) is 17.4 Å². The first-order valence-corrected chi connectivity index (χ1v) is 9.33. The lowest BCUT2D eigenvalue weighted by molar-refractivity contribution is 0.0919. The first kappa shape index (κ1) is 18.4. The summed E-state index contributed by atoms with van der Waals surface area (Å²) in [5.74, 6) is -0.121. The number of nitrogens with one attached hydrogen (secondary N) is 2. The average molecular weight is 420 g/mol. The fourth-order valence-electron chi connectivity index (χ4n) is 2.95. The highest BCUT2D eigenvalue weighted by Gasteiger charge is 2.24. The topological polar surface area (TPSA) is 79.3 Å². The third kappa shape index (κ3) is 4.43. The average Bonchev–Trinajstić information content (AvgIpc) is 3.04. The molecule has 0 bridgehead atoms. The normalized spacial score (nSPS) is 15.0. The van der Waals surface area contributed by atoms with E-state index in [9.17, 15) is 9.59 Å².